The summed E-state index contributed by atoms with van der Waals surface area (Å²) in [7, 11) is 3.11. The van der Waals surface area contributed by atoms with E-state index in [1.807, 2.05) is 30.3 Å². The predicted octanol–water partition coefficient (Wildman–Crippen LogP) is 3.52. The van der Waals surface area contributed by atoms with Crippen molar-refractivity contribution in [3.8, 4) is 11.5 Å². The molecule has 2 heterocycles. The van der Waals surface area contributed by atoms with Crippen molar-refractivity contribution in [2.75, 3.05) is 32.3 Å². The van der Waals surface area contributed by atoms with Crippen molar-refractivity contribution >= 4 is 28.5 Å². The van der Waals surface area contributed by atoms with Crippen molar-refractivity contribution in [1.29, 1.82) is 0 Å². The summed E-state index contributed by atoms with van der Waals surface area (Å²) in [4.78, 5) is 29.6. The van der Waals surface area contributed by atoms with E-state index in [0.717, 1.165) is 18.4 Å². The number of hydrogen-bond acceptors (Lipinski definition) is 7. The maximum Gasteiger partial charge on any atom is 0.249 e. The monoisotopic (exact) mass is 529 g/mol. The van der Waals surface area contributed by atoms with Crippen molar-refractivity contribution in [2.24, 2.45) is 0 Å². The van der Waals surface area contributed by atoms with Gasteiger partial charge >= 0.3 is 0 Å². The Morgan fingerprint density at radius 3 is 2.56 bits per heavy atom. The number of fused-ring (bicyclic) bond motifs is 1. The maximum absolute atomic E-state index is 14.2. The zero-order valence-electron chi connectivity index (χ0n) is 21.9. The molecule has 4 aromatic rings. The molecular weight excluding hydrogens is 498 g/mol. The van der Waals surface area contributed by atoms with Crippen LogP contribution in [-0.4, -0.2) is 60.3 Å². The summed E-state index contributed by atoms with van der Waals surface area (Å²) < 4.78 is 18.2. The highest BCUT2D eigenvalue weighted by molar-refractivity contribution is 6.02. The Hall–Kier alpha value is -4.44. The van der Waals surface area contributed by atoms with E-state index >= 15 is 0 Å². The number of aromatic nitrogens is 3. The zero-order chi connectivity index (χ0) is 27.2. The van der Waals surface area contributed by atoms with Gasteiger partial charge < -0.3 is 19.5 Å². The third-order valence-corrected chi connectivity index (χ3v) is 6.78. The van der Waals surface area contributed by atoms with Crippen LogP contribution in [-0.2, 0) is 20.9 Å². The second kappa shape index (κ2) is 12.0. The van der Waals surface area contributed by atoms with E-state index in [-0.39, 0.29) is 24.5 Å². The number of para-hydroxylation sites is 3. The third kappa shape index (κ3) is 5.70. The number of benzene rings is 3. The van der Waals surface area contributed by atoms with Crippen LogP contribution in [0.5, 0.6) is 11.5 Å². The fourth-order valence-corrected chi connectivity index (χ4v) is 4.80. The highest BCUT2D eigenvalue weighted by atomic mass is 16.5. The molecule has 3 aromatic carbocycles. The fourth-order valence-electron chi connectivity index (χ4n) is 4.80. The van der Waals surface area contributed by atoms with Crippen molar-refractivity contribution in [3.63, 3.8) is 0 Å². The number of hydrogen-bond donors (Lipinski definition) is 1. The first-order chi connectivity index (χ1) is 19.1. The molecule has 0 radical (unpaired) electrons. The van der Waals surface area contributed by atoms with Crippen LogP contribution in [0, 0.1) is 0 Å². The number of nitrogens with zero attached hydrogens (tertiary/aromatic N) is 4. The Morgan fingerprint density at radius 1 is 1.05 bits per heavy atom. The van der Waals surface area contributed by atoms with Gasteiger partial charge in [0.15, 0.2) is 0 Å². The number of ether oxygens (including phenoxy) is 3. The minimum Gasteiger partial charge on any atom is -0.497 e. The van der Waals surface area contributed by atoms with Gasteiger partial charge in [0.1, 0.15) is 29.6 Å². The lowest BCUT2D eigenvalue weighted by Crippen LogP contribution is -2.46. The second-order valence-electron chi connectivity index (χ2n) is 9.23. The van der Waals surface area contributed by atoms with Crippen LogP contribution in [0.25, 0.3) is 11.0 Å². The molecule has 0 aliphatic carbocycles. The Morgan fingerprint density at radius 2 is 1.82 bits per heavy atom. The van der Waals surface area contributed by atoms with Crippen molar-refractivity contribution in [2.45, 2.75) is 31.5 Å². The van der Waals surface area contributed by atoms with Crippen LogP contribution in [0.1, 0.15) is 24.4 Å². The molecule has 1 fully saturated rings. The van der Waals surface area contributed by atoms with Crippen LogP contribution in [0.3, 0.4) is 0 Å². The molecule has 10 heteroatoms. The molecule has 0 bridgehead atoms. The molecule has 1 aromatic heterocycles. The van der Waals surface area contributed by atoms with Gasteiger partial charge in [0, 0.05) is 13.2 Å². The molecule has 2 unspecified atom stereocenters. The van der Waals surface area contributed by atoms with Crippen LogP contribution in [0.4, 0.5) is 5.69 Å². The largest absolute Gasteiger partial charge is 0.497 e. The number of methoxy groups -OCH3 is 2. The van der Waals surface area contributed by atoms with Gasteiger partial charge in [-0.05, 0) is 54.8 Å². The summed E-state index contributed by atoms with van der Waals surface area (Å²) in [5, 5.41) is 11.4. The summed E-state index contributed by atoms with van der Waals surface area (Å²) >= 11 is 0. The number of carbonyl (C=O) groups excluding carboxylic acids is 2. The van der Waals surface area contributed by atoms with Crippen LogP contribution in [0.15, 0.2) is 72.8 Å². The van der Waals surface area contributed by atoms with Gasteiger partial charge in [-0.2, -0.15) is 0 Å². The lowest BCUT2D eigenvalue weighted by molar-refractivity contribution is -0.127. The van der Waals surface area contributed by atoms with Gasteiger partial charge in [-0.1, -0.05) is 41.6 Å². The van der Waals surface area contributed by atoms with Crippen LogP contribution in [0.2, 0.25) is 0 Å². The Balaban J connectivity index is 1.56. The predicted molar refractivity (Wildman–Crippen MR) is 146 cm³/mol. The first kappa shape index (κ1) is 26.2. The molecule has 202 valence electrons. The Labute approximate surface area is 226 Å². The van der Waals surface area contributed by atoms with E-state index < -0.39 is 6.04 Å². The highest BCUT2D eigenvalue weighted by Crippen LogP contribution is 2.36. The van der Waals surface area contributed by atoms with Gasteiger partial charge in [-0.3, -0.25) is 14.5 Å². The van der Waals surface area contributed by atoms with E-state index in [1.165, 1.54) is 16.7 Å². The number of amides is 2. The van der Waals surface area contributed by atoms with E-state index in [2.05, 4.69) is 15.6 Å². The number of anilines is 1. The van der Waals surface area contributed by atoms with Gasteiger partial charge in [0.25, 0.3) is 0 Å². The topological polar surface area (TPSA) is 108 Å². The smallest absolute Gasteiger partial charge is 0.249 e. The second-order valence-corrected chi connectivity index (χ2v) is 9.23. The number of nitrogens with one attached hydrogen (secondary N) is 1. The van der Waals surface area contributed by atoms with Gasteiger partial charge in [0.2, 0.25) is 11.8 Å². The molecule has 10 nitrogen and oxygen atoms in total. The number of rotatable bonds is 10. The van der Waals surface area contributed by atoms with Crippen LogP contribution < -0.4 is 19.7 Å². The van der Waals surface area contributed by atoms with E-state index in [4.69, 9.17) is 14.2 Å². The van der Waals surface area contributed by atoms with E-state index in [9.17, 15) is 9.59 Å². The third-order valence-electron chi connectivity index (χ3n) is 6.78. The highest BCUT2D eigenvalue weighted by Gasteiger charge is 2.35. The average Bonchev–Trinajstić information content (AvgIpc) is 3.65. The molecule has 2 atom stereocenters. The molecule has 2 amide bonds. The van der Waals surface area contributed by atoms with E-state index in [1.54, 1.807) is 49.6 Å². The molecule has 1 N–H and O–H groups in total. The summed E-state index contributed by atoms with van der Waals surface area (Å²) in [6.45, 7) is 0.900. The lowest BCUT2D eigenvalue weighted by Gasteiger charge is -2.32. The molecule has 39 heavy (non-hydrogen) atoms. The molecule has 5 rings (SSSR count). The van der Waals surface area contributed by atoms with E-state index in [0.29, 0.717) is 41.4 Å². The van der Waals surface area contributed by atoms with Gasteiger partial charge in [-0.25, -0.2) is 4.68 Å². The average molecular weight is 530 g/mol. The quantitative estimate of drug-likeness (QED) is 0.335. The Kier molecular flexibility index (Phi) is 8.02. The van der Waals surface area contributed by atoms with Gasteiger partial charge in [-0.15, -0.1) is 5.10 Å². The zero-order valence-corrected chi connectivity index (χ0v) is 21.9. The molecule has 0 saturated carbocycles. The molecule has 1 aliphatic heterocycles. The minimum atomic E-state index is -1.00. The normalized spacial score (nSPS) is 15.6. The Bertz CT molecular complexity index is 1430. The lowest BCUT2D eigenvalue weighted by atomic mass is 10.0. The summed E-state index contributed by atoms with van der Waals surface area (Å²) in [6.07, 6.45) is 1.78. The van der Waals surface area contributed by atoms with Crippen molar-refractivity contribution in [1.82, 2.24) is 20.3 Å². The van der Waals surface area contributed by atoms with Crippen LogP contribution >= 0.6 is 0 Å². The van der Waals surface area contributed by atoms with Crippen molar-refractivity contribution < 1.29 is 23.8 Å². The summed E-state index contributed by atoms with van der Waals surface area (Å²) in [5.41, 5.74) is 2.47. The standard InChI is InChI=1S/C29H31N5O5/c1-37-21-15-13-20(14-16-21)28(29(36)30-18-22-8-7-17-39-22)34(25-11-5-6-12-26(25)38-2)27(35)19-33-24-10-4-3-9-23(24)31-32-33/h3-6,9-16,22,28H,7-8,17-19H2,1-2H3,(H,30,36). The fraction of sp³-hybridized carbons (Fsp3) is 0.310. The van der Waals surface area contributed by atoms with Gasteiger partial charge in [0.05, 0.1) is 31.5 Å². The summed E-state index contributed by atoms with van der Waals surface area (Å²) in [5.74, 6) is 0.405. The molecule has 1 saturated heterocycles. The SMILES string of the molecule is COc1ccc(C(C(=O)NCC2CCCO2)N(C(=O)Cn2nnc3ccccc32)c2ccccc2OC)cc1. The maximum atomic E-state index is 14.2. The molecule has 0 spiro atoms. The summed E-state index contributed by atoms with van der Waals surface area (Å²) in [6, 6.07) is 20.7. The minimum absolute atomic E-state index is 0.0533. The molecular formula is C29H31N5O5. The first-order valence-corrected chi connectivity index (χ1v) is 12.9. The first-order valence-electron chi connectivity index (χ1n) is 12.9. The number of carbonyl (C=O) groups is 2. The van der Waals surface area contributed by atoms with Crippen molar-refractivity contribution in [3.05, 3.63) is 78.4 Å². The molecule has 1 aliphatic rings.